The van der Waals surface area contributed by atoms with Crippen LogP contribution in [0.4, 0.5) is 5.13 Å². The van der Waals surface area contributed by atoms with Crippen LogP contribution in [0, 0.1) is 0 Å². The first-order chi connectivity index (χ1) is 14.0. The summed E-state index contributed by atoms with van der Waals surface area (Å²) in [6.07, 6.45) is 3.29. The Labute approximate surface area is 175 Å². The van der Waals surface area contributed by atoms with Crippen LogP contribution in [0.3, 0.4) is 0 Å². The van der Waals surface area contributed by atoms with Crippen LogP contribution >= 0.6 is 11.3 Å². The van der Waals surface area contributed by atoms with Gasteiger partial charge in [-0.05, 0) is 42.8 Å². The largest absolute Gasteiger partial charge is 0.497 e. The summed E-state index contributed by atoms with van der Waals surface area (Å²) in [7, 11) is -2.08. The van der Waals surface area contributed by atoms with Crippen LogP contribution in [0.2, 0.25) is 0 Å². The molecule has 1 atom stereocenters. The molecular formula is C20H24N4O3S2. The molecule has 0 aliphatic heterocycles. The number of hydrogen-bond acceptors (Lipinski definition) is 7. The molecule has 2 N–H and O–H groups in total. The first kappa shape index (κ1) is 21.2. The lowest BCUT2D eigenvalue weighted by molar-refractivity contribution is 0.414. The minimum atomic E-state index is -3.62. The Bertz CT molecular complexity index is 1010. The van der Waals surface area contributed by atoms with Gasteiger partial charge >= 0.3 is 0 Å². The maximum Gasteiger partial charge on any atom is 0.240 e. The van der Waals surface area contributed by atoms with Crippen LogP contribution in [0.5, 0.6) is 5.75 Å². The topological polar surface area (TPSA) is 93.2 Å². The number of thiazole rings is 1. The predicted molar refractivity (Wildman–Crippen MR) is 116 cm³/mol. The molecule has 0 spiro atoms. The average Bonchev–Trinajstić information content (AvgIpc) is 3.22. The van der Waals surface area contributed by atoms with E-state index in [1.165, 1.54) is 23.5 Å². The van der Waals surface area contributed by atoms with Gasteiger partial charge in [-0.15, -0.1) is 11.3 Å². The number of sulfonamides is 1. The summed E-state index contributed by atoms with van der Waals surface area (Å²) in [4.78, 5) is 9.05. The number of nitrogens with one attached hydrogen (secondary N) is 2. The van der Waals surface area contributed by atoms with E-state index in [4.69, 9.17) is 4.74 Å². The van der Waals surface area contributed by atoms with Crippen LogP contribution in [0.1, 0.15) is 19.8 Å². The van der Waals surface area contributed by atoms with Crippen LogP contribution in [-0.2, 0) is 10.0 Å². The van der Waals surface area contributed by atoms with E-state index < -0.39 is 10.0 Å². The molecule has 154 valence electrons. The Balaban J connectivity index is 1.64. The van der Waals surface area contributed by atoms with Crippen molar-refractivity contribution >= 4 is 26.5 Å². The molecule has 0 aliphatic rings. The Morgan fingerprint density at radius 1 is 1.14 bits per heavy atom. The average molecular weight is 433 g/mol. The Hall–Kier alpha value is -2.49. The van der Waals surface area contributed by atoms with Gasteiger partial charge in [0, 0.05) is 24.2 Å². The standard InChI is InChI=1S/C20H24N4O3S2/c1-3-6-15(24-29(25,26)17-10-8-16(27-2)9-11-17)13-22-20-23-19(14-28-20)18-7-4-5-12-21-18/h4-5,7-12,14-15,24H,3,6,13H2,1-2H3,(H,22,23). The zero-order valence-electron chi connectivity index (χ0n) is 16.3. The fourth-order valence-electron chi connectivity index (χ4n) is 2.79. The highest BCUT2D eigenvalue weighted by Gasteiger charge is 2.20. The minimum Gasteiger partial charge on any atom is -0.497 e. The van der Waals surface area contributed by atoms with Gasteiger partial charge in [0.15, 0.2) is 5.13 Å². The molecule has 0 aliphatic carbocycles. The molecule has 2 aromatic heterocycles. The predicted octanol–water partition coefficient (Wildman–Crippen LogP) is 3.77. The van der Waals surface area contributed by atoms with E-state index in [2.05, 4.69) is 20.0 Å². The Kier molecular flexibility index (Phi) is 7.18. The third-order valence-electron chi connectivity index (χ3n) is 4.26. The van der Waals surface area contributed by atoms with Crippen molar-refractivity contribution in [2.75, 3.05) is 19.0 Å². The lowest BCUT2D eigenvalue weighted by Crippen LogP contribution is -2.39. The van der Waals surface area contributed by atoms with Crippen molar-refractivity contribution in [2.24, 2.45) is 0 Å². The van der Waals surface area contributed by atoms with Crippen molar-refractivity contribution in [3.63, 3.8) is 0 Å². The molecule has 2 heterocycles. The molecular weight excluding hydrogens is 408 g/mol. The molecule has 0 saturated carbocycles. The molecule has 29 heavy (non-hydrogen) atoms. The van der Waals surface area contributed by atoms with Crippen LogP contribution in [-0.4, -0.2) is 38.1 Å². The molecule has 9 heteroatoms. The number of anilines is 1. The molecule has 0 radical (unpaired) electrons. The second-order valence-corrected chi connectivity index (χ2v) is 8.99. The zero-order valence-corrected chi connectivity index (χ0v) is 18.0. The van der Waals surface area contributed by atoms with Gasteiger partial charge in [-0.1, -0.05) is 19.4 Å². The van der Waals surface area contributed by atoms with E-state index in [1.54, 1.807) is 25.4 Å². The van der Waals surface area contributed by atoms with E-state index in [0.29, 0.717) is 18.7 Å². The van der Waals surface area contributed by atoms with Crippen molar-refractivity contribution in [3.05, 3.63) is 54.0 Å². The van der Waals surface area contributed by atoms with Gasteiger partial charge in [-0.2, -0.15) is 0 Å². The second kappa shape index (κ2) is 9.82. The van der Waals surface area contributed by atoms with Crippen molar-refractivity contribution < 1.29 is 13.2 Å². The number of hydrogen-bond donors (Lipinski definition) is 2. The van der Waals surface area contributed by atoms with E-state index >= 15 is 0 Å². The van der Waals surface area contributed by atoms with Crippen molar-refractivity contribution in [1.82, 2.24) is 14.7 Å². The lowest BCUT2D eigenvalue weighted by atomic mass is 10.2. The number of aromatic nitrogens is 2. The summed E-state index contributed by atoms with van der Waals surface area (Å²) in [5.74, 6) is 0.614. The maximum absolute atomic E-state index is 12.7. The molecule has 3 rings (SSSR count). The van der Waals surface area contributed by atoms with Gasteiger partial charge < -0.3 is 10.1 Å². The highest BCUT2D eigenvalue weighted by molar-refractivity contribution is 7.89. The van der Waals surface area contributed by atoms with Gasteiger partial charge in [0.05, 0.1) is 17.7 Å². The van der Waals surface area contributed by atoms with E-state index in [9.17, 15) is 8.42 Å². The molecule has 1 unspecified atom stereocenters. The van der Waals surface area contributed by atoms with Gasteiger partial charge in [-0.25, -0.2) is 18.1 Å². The van der Waals surface area contributed by atoms with Gasteiger partial charge in [-0.3, -0.25) is 4.98 Å². The van der Waals surface area contributed by atoms with Crippen molar-refractivity contribution in [1.29, 1.82) is 0 Å². The fourth-order valence-corrected chi connectivity index (χ4v) is 4.78. The van der Waals surface area contributed by atoms with Crippen LogP contribution < -0.4 is 14.8 Å². The summed E-state index contributed by atoms with van der Waals surface area (Å²) in [5.41, 5.74) is 1.60. The third-order valence-corrected chi connectivity index (χ3v) is 6.60. The number of pyridine rings is 1. The van der Waals surface area contributed by atoms with E-state index in [-0.39, 0.29) is 10.9 Å². The smallest absolute Gasteiger partial charge is 0.240 e. The molecule has 0 saturated heterocycles. The molecule has 0 bridgehead atoms. The Morgan fingerprint density at radius 2 is 1.93 bits per heavy atom. The fraction of sp³-hybridized carbons (Fsp3) is 0.300. The summed E-state index contributed by atoms with van der Waals surface area (Å²) >= 11 is 1.47. The first-order valence-electron chi connectivity index (χ1n) is 9.29. The summed E-state index contributed by atoms with van der Waals surface area (Å²) < 4.78 is 33.3. The van der Waals surface area contributed by atoms with Gasteiger partial charge in [0.2, 0.25) is 10.0 Å². The lowest BCUT2D eigenvalue weighted by Gasteiger charge is -2.18. The Morgan fingerprint density at radius 3 is 2.59 bits per heavy atom. The quantitative estimate of drug-likeness (QED) is 0.507. The first-order valence-corrected chi connectivity index (χ1v) is 11.7. The van der Waals surface area contributed by atoms with Crippen molar-refractivity contribution in [2.45, 2.75) is 30.7 Å². The summed E-state index contributed by atoms with van der Waals surface area (Å²) in [6, 6.07) is 11.8. The molecule has 1 aromatic carbocycles. The summed E-state index contributed by atoms with van der Waals surface area (Å²) in [5, 5.41) is 5.91. The summed E-state index contributed by atoms with van der Waals surface area (Å²) in [6.45, 7) is 2.47. The maximum atomic E-state index is 12.7. The normalized spacial score (nSPS) is 12.5. The highest BCUT2D eigenvalue weighted by Crippen LogP contribution is 2.23. The second-order valence-electron chi connectivity index (χ2n) is 6.42. The number of nitrogens with zero attached hydrogens (tertiary/aromatic N) is 2. The highest BCUT2D eigenvalue weighted by atomic mass is 32.2. The number of ether oxygens (including phenoxy) is 1. The number of benzene rings is 1. The number of rotatable bonds is 10. The minimum absolute atomic E-state index is 0.214. The monoisotopic (exact) mass is 432 g/mol. The molecule has 0 fully saturated rings. The van der Waals surface area contributed by atoms with E-state index in [1.807, 2.05) is 30.5 Å². The van der Waals surface area contributed by atoms with E-state index in [0.717, 1.165) is 22.9 Å². The van der Waals surface area contributed by atoms with Crippen LogP contribution in [0.15, 0.2) is 58.9 Å². The third kappa shape index (κ3) is 5.75. The molecule has 7 nitrogen and oxygen atoms in total. The van der Waals surface area contributed by atoms with Crippen LogP contribution in [0.25, 0.3) is 11.4 Å². The molecule has 0 amide bonds. The SMILES string of the molecule is CCCC(CNc1nc(-c2ccccn2)cs1)NS(=O)(=O)c1ccc(OC)cc1. The van der Waals surface area contributed by atoms with Gasteiger partial charge in [0.25, 0.3) is 0 Å². The van der Waals surface area contributed by atoms with Crippen molar-refractivity contribution in [3.8, 4) is 17.1 Å². The van der Waals surface area contributed by atoms with Gasteiger partial charge in [0.1, 0.15) is 11.4 Å². The molecule has 3 aromatic rings. The number of methoxy groups -OCH3 is 1. The zero-order chi connectivity index (χ0) is 20.7.